The number of aliphatic hydroxyl groups excluding tert-OH is 2. The molecule has 3 unspecified atom stereocenters. The van der Waals surface area contributed by atoms with Gasteiger partial charge in [0.25, 0.3) is 0 Å². The molecule has 0 saturated carbocycles. The molecule has 3 atom stereocenters. The minimum absolute atomic E-state index is 0.0622. The van der Waals surface area contributed by atoms with Gasteiger partial charge < -0.3 is 20.3 Å². The van der Waals surface area contributed by atoms with Gasteiger partial charge in [0.2, 0.25) is 5.91 Å². The van der Waals surface area contributed by atoms with Gasteiger partial charge >= 0.3 is 5.97 Å². The van der Waals surface area contributed by atoms with Crippen LogP contribution in [0.5, 0.6) is 0 Å². The Balaban J connectivity index is 4.58. The van der Waals surface area contributed by atoms with Crippen molar-refractivity contribution in [3.63, 3.8) is 0 Å². The van der Waals surface area contributed by atoms with Crippen LogP contribution in [0.1, 0.15) is 245 Å². The summed E-state index contributed by atoms with van der Waals surface area (Å²) in [5.74, 6) is -0.502. The van der Waals surface area contributed by atoms with Gasteiger partial charge in [0.15, 0.2) is 0 Å². The lowest BCUT2D eigenvalue weighted by Crippen LogP contribution is -2.46. The Morgan fingerprint density at radius 3 is 1.48 bits per heavy atom. The second kappa shape index (κ2) is 44.2. The average Bonchev–Trinajstić information content (AvgIpc) is 3.19. The van der Waals surface area contributed by atoms with Crippen LogP contribution in [0.3, 0.4) is 0 Å². The zero-order chi connectivity index (χ0) is 41.0. The Bertz CT molecular complexity index is 930. The van der Waals surface area contributed by atoms with Gasteiger partial charge in [-0.15, -0.1) is 0 Å². The van der Waals surface area contributed by atoms with Gasteiger partial charge in [-0.3, -0.25) is 9.59 Å². The first kappa shape index (κ1) is 54.1. The first-order chi connectivity index (χ1) is 27.5. The zero-order valence-corrected chi connectivity index (χ0v) is 37.3. The summed E-state index contributed by atoms with van der Waals surface area (Å²) >= 11 is 0. The molecule has 0 aromatic carbocycles. The van der Waals surface area contributed by atoms with E-state index in [4.69, 9.17) is 4.74 Å². The lowest BCUT2D eigenvalue weighted by atomic mass is 10.0. The molecule has 0 aliphatic carbocycles. The fraction of sp³-hybridized carbons (Fsp3) is 0.840. The molecule has 0 rings (SSSR count). The van der Waals surface area contributed by atoms with Gasteiger partial charge in [0.05, 0.1) is 25.2 Å². The summed E-state index contributed by atoms with van der Waals surface area (Å²) in [6.45, 7) is 6.38. The van der Waals surface area contributed by atoms with Gasteiger partial charge in [-0.2, -0.15) is 0 Å². The number of carbonyl (C=O) groups is 2. The van der Waals surface area contributed by atoms with Crippen molar-refractivity contribution in [3.05, 3.63) is 36.5 Å². The standard InChI is InChI=1S/C50H93NO5/c1-4-7-10-13-16-19-22-24-26-28-30-33-36-39-42-48(53)47(45-52)51-49(54)44-46(41-38-35-32-29-27-25-23-20-17-14-11-8-5-2)56-50(55)43-40-37-34-31-21-18-15-12-9-6-3/h12,15,17,20,23,25,46-48,52-53H,4-11,13-14,16,18-19,21-22,24,26-45H2,1-3H3,(H,51,54)/b15-12-,20-17+,25-23+. The third-order valence-corrected chi connectivity index (χ3v) is 11.0. The summed E-state index contributed by atoms with van der Waals surface area (Å²) in [4.78, 5) is 26.0. The van der Waals surface area contributed by atoms with Crippen molar-refractivity contribution < 1.29 is 24.5 Å². The van der Waals surface area contributed by atoms with E-state index < -0.39 is 18.2 Å². The summed E-state index contributed by atoms with van der Waals surface area (Å²) in [6.07, 6.45) is 50.6. The Kier molecular flexibility index (Phi) is 42.7. The van der Waals surface area contributed by atoms with Crippen molar-refractivity contribution in [1.82, 2.24) is 5.32 Å². The summed E-state index contributed by atoms with van der Waals surface area (Å²) in [5, 5.41) is 23.7. The van der Waals surface area contributed by atoms with E-state index in [1.807, 2.05) is 0 Å². The van der Waals surface area contributed by atoms with Crippen LogP contribution >= 0.6 is 0 Å². The molecule has 0 aliphatic rings. The van der Waals surface area contributed by atoms with Crippen LogP contribution in [0.15, 0.2) is 36.5 Å². The molecular formula is C50H93NO5. The Morgan fingerprint density at radius 2 is 0.946 bits per heavy atom. The third kappa shape index (κ3) is 38.9. The quantitative estimate of drug-likeness (QED) is 0.0247. The summed E-state index contributed by atoms with van der Waals surface area (Å²) in [5.41, 5.74) is 0. The first-order valence-corrected chi connectivity index (χ1v) is 24.2. The number of amides is 1. The normalized spacial score (nSPS) is 13.6. The number of ether oxygens (including phenoxy) is 1. The lowest BCUT2D eigenvalue weighted by Gasteiger charge is -2.24. The summed E-state index contributed by atoms with van der Waals surface area (Å²) < 4.78 is 5.89. The maximum Gasteiger partial charge on any atom is 0.306 e. The Hall–Kier alpha value is -1.92. The maximum atomic E-state index is 13.1. The van der Waals surface area contributed by atoms with Crippen molar-refractivity contribution in [1.29, 1.82) is 0 Å². The first-order valence-electron chi connectivity index (χ1n) is 24.2. The number of rotatable bonds is 43. The van der Waals surface area contributed by atoms with Crippen LogP contribution in [0, 0.1) is 0 Å². The third-order valence-electron chi connectivity index (χ3n) is 11.0. The molecular weight excluding hydrogens is 695 g/mol. The number of carbonyl (C=O) groups excluding carboxylic acids is 2. The van der Waals surface area contributed by atoms with E-state index in [9.17, 15) is 19.8 Å². The molecule has 328 valence electrons. The van der Waals surface area contributed by atoms with Crippen molar-refractivity contribution in [2.75, 3.05) is 6.61 Å². The lowest BCUT2D eigenvalue weighted by molar-refractivity contribution is -0.151. The number of esters is 1. The second-order valence-electron chi connectivity index (χ2n) is 16.5. The van der Waals surface area contributed by atoms with Crippen molar-refractivity contribution >= 4 is 11.9 Å². The minimum Gasteiger partial charge on any atom is -0.462 e. The van der Waals surface area contributed by atoms with Gasteiger partial charge in [-0.1, -0.05) is 198 Å². The van der Waals surface area contributed by atoms with Gasteiger partial charge in [-0.05, 0) is 70.6 Å². The molecule has 6 heteroatoms. The number of unbranched alkanes of at least 4 members (excludes halogenated alkanes) is 26. The van der Waals surface area contributed by atoms with Crippen molar-refractivity contribution in [2.24, 2.45) is 0 Å². The Morgan fingerprint density at radius 1 is 0.518 bits per heavy atom. The second-order valence-corrected chi connectivity index (χ2v) is 16.5. The highest BCUT2D eigenvalue weighted by Crippen LogP contribution is 2.17. The van der Waals surface area contributed by atoms with Gasteiger partial charge in [-0.25, -0.2) is 0 Å². The SMILES string of the molecule is CCC/C=C\CCCCCCCC(=O)OC(CCCCCC/C=C/C=C/CCCCC)CC(=O)NC(CO)C(O)CCCCCCCCCCCCCCCC. The zero-order valence-electron chi connectivity index (χ0n) is 37.3. The van der Waals surface area contributed by atoms with Crippen LogP contribution in [0.2, 0.25) is 0 Å². The average molecular weight is 788 g/mol. The number of aliphatic hydroxyl groups is 2. The molecule has 56 heavy (non-hydrogen) atoms. The van der Waals surface area contributed by atoms with E-state index in [-0.39, 0.29) is 24.9 Å². The van der Waals surface area contributed by atoms with Crippen LogP contribution < -0.4 is 5.32 Å². The number of nitrogens with one attached hydrogen (secondary N) is 1. The summed E-state index contributed by atoms with van der Waals surface area (Å²) in [7, 11) is 0. The molecule has 0 aromatic heterocycles. The van der Waals surface area contributed by atoms with E-state index >= 15 is 0 Å². The number of hydrogen-bond acceptors (Lipinski definition) is 5. The minimum atomic E-state index is -0.791. The predicted molar refractivity (Wildman–Crippen MR) is 241 cm³/mol. The van der Waals surface area contributed by atoms with E-state index in [0.29, 0.717) is 19.3 Å². The molecule has 0 fully saturated rings. The van der Waals surface area contributed by atoms with E-state index in [1.54, 1.807) is 0 Å². The maximum absolute atomic E-state index is 13.1. The van der Waals surface area contributed by atoms with Gasteiger partial charge in [0, 0.05) is 6.42 Å². The smallest absolute Gasteiger partial charge is 0.306 e. The molecule has 0 aromatic rings. The molecule has 0 radical (unpaired) electrons. The number of allylic oxidation sites excluding steroid dienone is 6. The summed E-state index contributed by atoms with van der Waals surface area (Å²) in [6, 6.07) is -0.706. The topological polar surface area (TPSA) is 95.9 Å². The monoisotopic (exact) mass is 788 g/mol. The molecule has 0 heterocycles. The Labute approximate surface area is 347 Å². The molecule has 1 amide bonds. The highest BCUT2D eigenvalue weighted by atomic mass is 16.5. The largest absolute Gasteiger partial charge is 0.462 e. The van der Waals surface area contributed by atoms with Crippen LogP contribution in [-0.4, -0.2) is 46.9 Å². The van der Waals surface area contributed by atoms with E-state index in [1.165, 1.54) is 109 Å². The van der Waals surface area contributed by atoms with Crippen molar-refractivity contribution in [3.8, 4) is 0 Å². The predicted octanol–water partition coefficient (Wildman–Crippen LogP) is 14.1. The van der Waals surface area contributed by atoms with Crippen LogP contribution in [-0.2, 0) is 14.3 Å². The molecule has 0 aliphatic heterocycles. The fourth-order valence-corrected chi connectivity index (χ4v) is 7.25. The highest BCUT2D eigenvalue weighted by Gasteiger charge is 2.24. The van der Waals surface area contributed by atoms with Crippen LogP contribution in [0.25, 0.3) is 0 Å². The molecule has 3 N–H and O–H groups in total. The van der Waals surface area contributed by atoms with Crippen molar-refractivity contribution in [2.45, 2.75) is 264 Å². The molecule has 6 nitrogen and oxygen atoms in total. The van der Waals surface area contributed by atoms with E-state index in [0.717, 1.165) is 89.9 Å². The van der Waals surface area contributed by atoms with Gasteiger partial charge in [0.1, 0.15) is 6.10 Å². The number of hydrogen-bond donors (Lipinski definition) is 3. The highest BCUT2D eigenvalue weighted by molar-refractivity contribution is 5.77. The molecule has 0 spiro atoms. The molecule has 0 bridgehead atoms. The fourth-order valence-electron chi connectivity index (χ4n) is 7.25. The van der Waals surface area contributed by atoms with E-state index in [2.05, 4.69) is 62.5 Å². The van der Waals surface area contributed by atoms with Crippen LogP contribution in [0.4, 0.5) is 0 Å². The molecule has 0 saturated heterocycles.